The maximum atomic E-state index is 8.61. The van der Waals surface area contributed by atoms with Crippen molar-refractivity contribution < 1.29 is 0 Å². The number of amidine groups is 2. The molecule has 0 aliphatic carbocycles. The zero-order valence-electron chi connectivity index (χ0n) is 19.3. The van der Waals surface area contributed by atoms with Crippen molar-refractivity contribution in [1.29, 1.82) is 5.41 Å². The lowest BCUT2D eigenvalue weighted by molar-refractivity contribution is 0.453. The van der Waals surface area contributed by atoms with E-state index in [1.54, 1.807) is 0 Å². The van der Waals surface area contributed by atoms with Gasteiger partial charge in [-0.2, -0.15) is 0 Å². The minimum absolute atomic E-state index is 0.252. The molecule has 0 aromatic heterocycles. The number of nitrogens with zero attached hydrogens (tertiary/aromatic N) is 1. The van der Waals surface area contributed by atoms with Crippen LogP contribution in [-0.4, -0.2) is 18.2 Å². The first-order chi connectivity index (χ1) is 15.6. The molecule has 0 bridgehead atoms. The molecule has 0 amide bonds. The van der Waals surface area contributed by atoms with Gasteiger partial charge in [0.1, 0.15) is 5.84 Å². The van der Waals surface area contributed by atoms with Crippen molar-refractivity contribution in [2.75, 3.05) is 6.54 Å². The summed E-state index contributed by atoms with van der Waals surface area (Å²) in [4.78, 5) is 4.68. The Morgan fingerprint density at radius 2 is 1.44 bits per heavy atom. The smallest absolute Gasteiger partial charge is 0.154 e. The molecule has 0 spiro atoms. The van der Waals surface area contributed by atoms with Gasteiger partial charge in [0, 0.05) is 17.7 Å². The fourth-order valence-corrected chi connectivity index (χ4v) is 3.41. The topological polar surface area (TPSA) is 48.2 Å². The van der Waals surface area contributed by atoms with Gasteiger partial charge in [0.15, 0.2) is 5.84 Å². The van der Waals surface area contributed by atoms with Gasteiger partial charge < -0.3 is 5.32 Å². The van der Waals surface area contributed by atoms with Crippen LogP contribution in [0.15, 0.2) is 102 Å². The van der Waals surface area contributed by atoms with Gasteiger partial charge in [-0.05, 0) is 29.4 Å². The second-order valence-corrected chi connectivity index (χ2v) is 8.17. The van der Waals surface area contributed by atoms with Crippen LogP contribution in [0.1, 0.15) is 38.3 Å². The first-order valence-corrected chi connectivity index (χ1v) is 11.4. The molecule has 3 nitrogen and oxygen atoms in total. The lowest BCUT2D eigenvalue weighted by Crippen LogP contribution is -2.31. The highest BCUT2D eigenvalue weighted by Crippen LogP contribution is 2.19. The van der Waals surface area contributed by atoms with E-state index in [9.17, 15) is 0 Å². The van der Waals surface area contributed by atoms with Crippen molar-refractivity contribution in [3.8, 4) is 11.1 Å². The molecule has 3 aromatic rings. The van der Waals surface area contributed by atoms with E-state index in [-0.39, 0.29) is 5.84 Å². The summed E-state index contributed by atoms with van der Waals surface area (Å²) >= 11 is 0. The molecule has 2 unspecified atom stereocenters. The Bertz CT molecular complexity index is 1030. The standard InChI is InChI=1S/C29H33N3/c1-4-5-12-22(2)23(3)21-31-29(27-15-10-7-11-16-27)32-28(30)26-19-17-25(18-20-26)24-13-8-6-9-14-24/h5-20,22-23H,4,21H2,1-3H3,(H2,30,31,32)/b12-5-. The van der Waals surface area contributed by atoms with Crippen LogP contribution in [0.25, 0.3) is 11.1 Å². The second-order valence-electron chi connectivity index (χ2n) is 8.17. The van der Waals surface area contributed by atoms with Gasteiger partial charge in [-0.1, -0.05) is 118 Å². The molecule has 0 radical (unpaired) electrons. The van der Waals surface area contributed by atoms with Crippen LogP contribution < -0.4 is 5.32 Å². The summed E-state index contributed by atoms with van der Waals surface area (Å²) in [6.45, 7) is 7.44. The van der Waals surface area contributed by atoms with Gasteiger partial charge in [-0.3, -0.25) is 5.41 Å². The molecule has 2 N–H and O–H groups in total. The van der Waals surface area contributed by atoms with Crippen molar-refractivity contribution in [3.05, 3.63) is 108 Å². The molecule has 3 heteroatoms. The third-order valence-corrected chi connectivity index (χ3v) is 5.70. The average molecular weight is 424 g/mol. The van der Waals surface area contributed by atoms with Gasteiger partial charge in [0.25, 0.3) is 0 Å². The Labute approximate surface area is 192 Å². The number of rotatable bonds is 8. The third kappa shape index (κ3) is 6.52. The fourth-order valence-electron chi connectivity index (χ4n) is 3.41. The lowest BCUT2D eigenvalue weighted by atomic mass is 9.95. The molecule has 32 heavy (non-hydrogen) atoms. The summed E-state index contributed by atoms with van der Waals surface area (Å²) in [7, 11) is 0. The van der Waals surface area contributed by atoms with E-state index in [2.05, 4.69) is 55.4 Å². The molecule has 3 aromatic carbocycles. The van der Waals surface area contributed by atoms with E-state index in [0.29, 0.717) is 11.8 Å². The van der Waals surface area contributed by atoms with Gasteiger partial charge >= 0.3 is 0 Å². The average Bonchev–Trinajstić information content (AvgIpc) is 2.85. The van der Waals surface area contributed by atoms with E-state index < -0.39 is 0 Å². The van der Waals surface area contributed by atoms with E-state index in [1.807, 2.05) is 72.8 Å². The number of hydrogen-bond acceptors (Lipinski definition) is 1. The third-order valence-electron chi connectivity index (χ3n) is 5.70. The summed E-state index contributed by atoms with van der Waals surface area (Å²) in [5.41, 5.74) is 4.09. The molecule has 0 heterocycles. The maximum absolute atomic E-state index is 8.61. The van der Waals surface area contributed by atoms with Crippen molar-refractivity contribution in [1.82, 2.24) is 5.32 Å². The largest absolute Gasteiger partial charge is 0.369 e. The molecule has 0 saturated heterocycles. The minimum atomic E-state index is 0.252. The summed E-state index contributed by atoms with van der Waals surface area (Å²) in [6.07, 6.45) is 5.56. The highest BCUT2D eigenvalue weighted by atomic mass is 15.0. The zero-order valence-corrected chi connectivity index (χ0v) is 19.3. The van der Waals surface area contributed by atoms with Gasteiger partial charge in [-0.25, -0.2) is 4.99 Å². The van der Waals surface area contributed by atoms with Crippen LogP contribution >= 0.6 is 0 Å². The van der Waals surface area contributed by atoms with Crippen LogP contribution in [0.2, 0.25) is 0 Å². The maximum Gasteiger partial charge on any atom is 0.154 e. The molecular formula is C29H33N3. The predicted octanol–water partition coefficient (Wildman–Crippen LogP) is 6.95. The molecule has 164 valence electrons. The summed E-state index contributed by atoms with van der Waals surface area (Å²) < 4.78 is 0. The highest BCUT2D eigenvalue weighted by molar-refractivity contribution is 6.10. The van der Waals surface area contributed by atoms with Crippen molar-refractivity contribution in [3.63, 3.8) is 0 Å². The summed E-state index contributed by atoms with van der Waals surface area (Å²) in [5, 5.41) is 12.1. The van der Waals surface area contributed by atoms with Crippen molar-refractivity contribution in [2.24, 2.45) is 16.8 Å². The van der Waals surface area contributed by atoms with E-state index >= 15 is 0 Å². The normalized spacial score (nSPS) is 13.7. The molecule has 0 aliphatic heterocycles. The Kier molecular flexibility index (Phi) is 8.56. The van der Waals surface area contributed by atoms with E-state index in [0.717, 1.165) is 35.5 Å². The Morgan fingerprint density at radius 1 is 0.844 bits per heavy atom. The van der Waals surface area contributed by atoms with Crippen molar-refractivity contribution >= 4 is 11.7 Å². The van der Waals surface area contributed by atoms with Crippen LogP contribution in [0.3, 0.4) is 0 Å². The molecular weight excluding hydrogens is 390 g/mol. The quantitative estimate of drug-likeness (QED) is 0.230. The minimum Gasteiger partial charge on any atom is -0.369 e. The molecule has 2 atom stereocenters. The number of nitrogens with one attached hydrogen (secondary N) is 2. The molecule has 0 aliphatic rings. The van der Waals surface area contributed by atoms with E-state index in [4.69, 9.17) is 5.41 Å². The van der Waals surface area contributed by atoms with Crippen LogP contribution in [0, 0.1) is 17.2 Å². The fraction of sp³-hybridized carbons (Fsp3) is 0.241. The Hall–Kier alpha value is -3.46. The number of aliphatic imine (C=N–C) groups is 1. The van der Waals surface area contributed by atoms with Gasteiger partial charge in [0.05, 0.1) is 0 Å². The van der Waals surface area contributed by atoms with Gasteiger partial charge in [0.2, 0.25) is 0 Å². The van der Waals surface area contributed by atoms with Crippen LogP contribution in [0.4, 0.5) is 0 Å². The van der Waals surface area contributed by atoms with Gasteiger partial charge in [-0.15, -0.1) is 0 Å². The Balaban J connectivity index is 1.77. The zero-order chi connectivity index (χ0) is 22.8. The highest BCUT2D eigenvalue weighted by Gasteiger charge is 2.12. The molecule has 3 rings (SSSR count). The number of hydrogen-bond donors (Lipinski definition) is 2. The first-order valence-electron chi connectivity index (χ1n) is 11.4. The van der Waals surface area contributed by atoms with E-state index in [1.165, 1.54) is 5.56 Å². The second kappa shape index (κ2) is 11.8. The number of allylic oxidation sites excluding steroid dienone is 2. The van der Waals surface area contributed by atoms with Crippen LogP contribution in [-0.2, 0) is 0 Å². The monoisotopic (exact) mass is 423 g/mol. The lowest BCUT2D eigenvalue weighted by Gasteiger charge is -2.19. The van der Waals surface area contributed by atoms with Crippen LogP contribution in [0.5, 0.6) is 0 Å². The summed E-state index contributed by atoms with van der Waals surface area (Å²) in [5.74, 6) is 1.92. The summed E-state index contributed by atoms with van der Waals surface area (Å²) in [6, 6.07) is 28.4. The SMILES string of the molecule is CC/C=C\C(C)C(C)CN/C(=N\C(=N)c1ccc(-c2ccccc2)cc1)c1ccccc1. The molecule has 0 fully saturated rings. The number of benzene rings is 3. The first kappa shape index (κ1) is 23.2. The molecule has 0 saturated carbocycles. The predicted molar refractivity (Wildman–Crippen MR) is 137 cm³/mol. The Morgan fingerprint density at radius 3 is 2.06 bits per heavy atom. The van der Waals surface area contributed by atoms with Crippen molar-refractivity contribution in [2.45, 2.75) is 27.2 Å².